The molecule has 0 heterocycles. The van der Waals surface area contributed by atoms with Crippen LogP contribution in [-0.2, 0) is 0 Å². The molecular weight excluding hydrogens is 271 g/mol. The predicted molar refractivity (Wildman–Crippen MR) is 65.6 cm³/mol. The highest BCUT2D eigenvalue weighted by Gasteiger charge is 2.15. The summed E-state index contributed by atoms with van der Waals surface area (Å²) in [7, 11) is 0. The minimum Gasteiger partial charge on any atom is -0.375 e. The fourth-order valence-corrected chi connectivity index (χ4v) is 1.23. The first-order valence-electron chi connectivity index (χ1n) is 4.13. The van der Waals surface area contributed by atoms with Crippen molar-refractivity contribution in [2.45, 2.75) is 0 Å². The molecule has 3 N–H and O–H groups in total. The van der Waals surface area contributed by atoms with Crippen LogP contribution in [0.4, 0.5) is 10.1 Å². The second-order valence-electron chi connectivity index (χ2n) is 2.82. The van der Waals surface area contributed by atoms with Crippen LogP contribution in [0.2, 0.25) is 5.02 Å². The van der Waals surface area contributed by atoms with Crippen LogP contribution in [0, 0.1) is 15.9 Å². The Balaban J connectivity index is 3.07. The third kappa shape index (κ3) is 3.61. The maximum atomic E-state index is 13.3. The van der Waals surface area contributed by atoms with Crippen LogP contribution in [-0.4, -0.2) is 16.3 Å². The fraction of sp³-hybridized carbons (Fsp3) is 0. The number of nitrogens with zero attached hydrogens (tertiary/aromatic N) is 2. The number of nitrogens with two attached hydrogens (primary N) is 1. The van der Waals surface area contributed by atoms with E-state index in [0.29, 0.717) is 0 Å². The van der Waals surface area contributed by atoms with Crippen molar-refractivity contribution in [1.29, 1.82) is 0 Å². The van der Waals surface area contributed by atoms with E-state index in [-0.39, 0.29) is 15.7 Å². The Hall–Kier alpha value is -1.80. The van der Waals surface area contributed by atoms with Gasteiger partial charge >= 0.3 is 0 Å². The van der Waals surface area contributed by atoms with Crippen molar-refractivity contribution in [2.24, 2.45) is 10.8 Å². The van der Waals surface area contributed by atoms with Crippen molar-refractivity contribution in [3.63, 3.8) is 0 Å². The molecule has 0 saturated heterocycles. The number of nitrogens with one attached hydrogen (secondary N) is 1. The average Bonchev–Trinajstić information content (AvgIpc) is 2.20. The van der Waals surface area contributed by atoms with Crippen LogP contribution in [0.1, 0.15) is 5.56 Å². The second-order valence-corrected chi connectivity index (χ2v) is 3.66. The third-order valence-electron chi connectivity index (χ3n) is 1.64. The second kappa shape index (κ2) is 5.51. The molecule has 0 bridgehead atoms. The number of nitro benzene ring substituents is 1. The van der Waals surface area contributed by atoms with Crippen molar-refractivity contribution < 1.29 is 9.31 Å². The van der Waals surface area contributed by atoms with Gasteiger partial charge in [0.15, 0.2) is 5.11 Å². The van der Waals surface area contributed by atoms with Crippen LogP contribution in [0.15, 0.2) is 17.2 Å². The van der Waals surface area contributed by atoms with E-state index in [2.05, 4.69) is 22.7 Å². The van der Waals surface area contributed by atoms with E-state index in [1.54, 1.807) is 0 Å². The number of hydrogen-bond acceptors (Lipinski definition) is 4. The molecule has 0 radical (unpaired) electrons. The summed E-state index contributed by atoms with van der Waals surface area (Å²) >= 11 is 9.96. The molecule has 0 amide bonds. The Labute approximate surface area is 105 Å². The quantitative estimate of drug-likeness (QED) is 0.378. The highest BCUT2D eigenvalue weighted by atomic mass is 35.5. The molecule has 0 aliphatic rings. The summed E-state index contributed by atoms with van der Waals surface area (Å²) in [5.74, 6) is -0.742. The molecule has 9 heteroatoms. The molecule has 90 valence electrons. The van der Waals surface area contributed by atoms with Gasteiger partial charge in [-0.2, -0.15) is 5.10 Å². The monoisotopic (exact) mass is 276 g/mol. The standard InChI is InChI=1S/C8H6ClFN4O2S/c9-5-2-6(10)4(1-7(5)14(15)16)3-12-13-8(11)17/h1-3H,(H3,11,13,17). The van der Waals surface area contributed by atoms with Gasteiger partial charge in [0.1, 0.15) is 10.8 Å². The van der Waals surface area contributed by atoms with Crippen molar-refractivity contribution in [3.05, 3.63) is 38.7 Å². The number of benzene rings is 1. The van der Waals surface area contributed by atoms with Crippen LogP contribution in [0.3, 0.4) is 0 Å². The minimum absolute atomic E-state index is 0.106. The number of nitro groups is 1. The van der Waals surface area contributed by atoms with Gasteiger partial charge in [-0.3, -0.25) is 15.5 Å². The zero-order valence-electron chi connectivity index (χ0n) is 8.18. The average molecular weight is 277 g/mol. The lowest BCUT2D eigenvalue weighted by Crippen LogP contribution is -2.24. The molecule has 0 saturated carbocycles. The molecule has 0 fully saturated rings. The molecule has 0 atom stereocenters. The summed E-state index contributed by atoms with van der Waals surface area (Å²) in [5, 5.41) is 13.7. The maximum absolute atomic E-state index is 13.3. The van der Waals surface area contributed by atoms with E-state index in [4.69, 9.17) is 17.3 Å². The predicted octanol–water partition coefficient (Wildman–Crippen LogP) is 1.55. The SMILES string of the molecule is NC(=S)NN=Cc1cc([N+](=O)[O-])c(Cl)cc1F. The van der Waals surface area contributed by atoms with Crippen molar-refractivity contribution in [2.75, 3.05) is 0 Å². The molecule has 1 aromatic carbocycles. The lowest BCUT2D eigenvalue weighted by Gasteiger charge is -2.00. The number of hydrogen-bond donors (Lipinski definition) is 2. The lowest BCUT2D eigenvalue weighted by atomic mass is 10.2. The van der Waals surface area contributed by atoms with E-state index < -0.39 is 16.4 Å². The summed E-state index contributed by atoms with van der Waals surface area (Å²) < 4.78 is 13.3. The van der Waals surface area contributed by atoms with Gasteiger partial charge in [-0.25, -0.2) is 4.39 Å². The van der Waals surface area contributed by atoms with Gasteiger partial charge in [0, 0.05) is 17.7 Å². The molecule has 0 aliphatic heterocycles. The van der Waals surface area contributed by atoms with E-state index in [1.807, 2.05) is 0 Å². The maximum Gasteiger partial charge on any atom is 0.288 e. The first kappa shape index (κ1) is 13.3. The lowest BCUT2D eigenvalue weighted by molar-refractivity contribution is -0.384. The molecule has 0 aromatic heterocycles. The van der Waals surface area contributed by atoms with Crippen LogP contribution < -0.4 is 11.2 Å². The zero-order valence-corrected chi connectivity index (χ0v) is 9.76. The van der Waals surface area contributed by atoms with E-state index >= 15 is 0 Å². The van der Waals surface area contributed by atoms with E-state index in [9.17, 15) is 14.5 Å². The Morgan fingerprint density at radius 3 is 2.88 bits per heavy atom. The Kier molecular flexibility index (Phi) is 4.30. The van der Waals surface area contributed by atoms with Gasteiger partial charge in [0.05, 0.1) is 11.1 Å². The van der Waals surface area contributed by atoms with E-state index in [0.717, 1.165) is 18.3 Å². The van der Waals surface area contributed by atoms with Crippen LogP contribution in [0.25, 0.3) is 0 Å². The number of thiocarbonyl (C=S) groups is 1. The van der Waals surface area contributed by atoms with Gasteiger partial charge in [-0.1, -0.05) is 11.6 Å². The summed E-state index contributed by atoms with van der Waals surface area (Å²) in [4.78, 5) is 9.84. The van der Waals surface area contributed by atoms with Crippen LogP contribution in [0.5, 0.6) is 0 Å². The smallest absolute Gasteiger partial charge is 0.288 e. The van der Waals surface area contributed by atoms with Gasteiger partial charge in [0.25, 0.3) is 5.69 Å². The Bertz CT molecular complexity index is 509. The number of halogens is 2. The largest absolute Gasteiger partial charge is 0.375 e. The van der Waals surface area contributed by atoms with Crippen molar-refractivity contribution >= 4 is 40.8 Å². The van der Waals surface area contributed by atoms with E-state index in [1.165, 1.54) is 0 Å². The molecule has 1 aromatic rings. The fourth-order valence-electron chi connectivity index (χ4n) is 0.958. The highest BCUT2D eigenvalue weighted by Crippen LogP contribution is 2.26. The molecular formula is C8H6ClFN4O2S. The van der Waals surface area contributed by atoms with Crippen LogP contribution >= 0.6 is 23.8 Å². The van der Waals surface area contributed by atoms with Crippen molar-refractivity contribution in [1.82, 2.24) is 5.43 Å². The molecule has 0 spiro atoms. The zero-order chi connectivity index (χ0) is 13.0. The van der Waals surface area contributed by atoms with Gasteiger partial charge in [-0.05, 0) is 12.2 Å². The number of hydrazone groups is 1. The first-order chi connectivity index (χ1) is 7.91. The summed E-state index contributed by atoms with van der Waals surface area (Å²) in [6, 6.07) is 1.80. The van der Waals surface area contributed by atoms with Gasteiger partial charge in [-0.15, -0.1) is 0 Å². The third-order valence-corrected chi connectivity index (χ3v) is 2.04. The molecule has 17 heavy (non-hydrogen) atoms. The summed E-state index contributed by atoms with van der Waals surface area (Å²) in [6.07, 6.45) is 1.01. The molecule has 6 nitrogen and oxygen atoms in total. The van der Waals surface area contributed by atoms with Gasteiger partial charge < -0.3 is 5.73 Å². The number of rotatable bonds is 3. The molecule has 0 unspecified atom stereocenters. The summed E-state index contributed by atoms with van der Waals surface area (Å²) in [5.41, 5.74) is 6.76. The normalized spacial score (nSPS) is 10.5. The van der Waals surface area contributed by atoms with Crippen molar-refractivity contribution in [3.8, 4) is 0 Å². The molecule has 1 rings (SSSR count). The Morgan fingerprint density at radius 2 is 2.35 bits per heavy atom. The molecule has 0 aliphatic carbocycles. The van der Waals surface area contributed by atoms with Gasteiger partial charge in [0.2, 0.25) is 0 Å². The Morgan fingerprint density at radius 1 is 1.71 bits per heavy atom. The first-order valence-corrected chi connectivity index (χ1v) is 4.92. The summed E-state index contributed by atoms with van der Waals surface area (Å²) in [6.45, 7) is 0. The minimum atomic E-state index is -0.742. The highest BCUT2D eigenvalue weighted by molar-refractivity contribution is 7.80. The topological polar surface area (TPSA) is 93.5 Å².